The van der Waals surface area contributed by atoms with E-state index in [1.165, 1.54) is 6.92 Å². The molecule has 0 unspecified atom stereocenters. The maximum atomic E-state index is 13.2. The lowest BCUT2D eigenvalue weighted by Crippen LogP contribution is -2.05. The van der Waals surface area contributed by atoms with Crippen molar-refractivity contribution < 1.29 is 14.1 Å². The number of halogens is 2. The number of nitro benzene ring substituents is 1. The van der Waals surface area contributed by atoms with Crippen molar-refractivity contribution in [3.8, 4) is 0 Å². The molecule has 0 saturated carbocycles. The second kappa shape index (κ2) is 4.48. The van der Waals surface area contributed by atoms with Gasteiger partial charge in [-0.2, -0.15) is 4.39 Å². The molecule has 0 fully saturated rings. The van der Waals surface area contributed by atoms with Gasteiger partial charge in [0, 0.05) is 11.6 Å². The molecule has 0 saturated heterocycles. The van der Waals surface area contributed by atoms with Crippen LogP contribution in [0.2, 0.25) is 0 Å². The Hall–Kier alpha value is -1.30. The molecular formula is C9H7BrFNO3. The third-order valence-electron chi connectivity index (χ3n) is 1.91. The van der Waals surface area contributed by atoms with E-state index >= 15 is 0 Å². The van der Waals surface area contributed by atoms with Crippen molar-refractivity contribution in [2.75, 3.05) is 5.33 Å². The lowest BCUT2D eigenvalue weighted by molar-refractivity contribution is -0.387. The van der Waals surface area contributed by atoms with Crippen LogP contribution in [-0.2, 0) is 0 Å². The molecule has 0 aliphatic carbocycles. The van der Waals surface area contributed by atoms with Crippen molar-refractivity contribution in [3.05, 3.63) is 39.2 Å². The number of alkyl halides is 1. The third-order valence-corrected chi connectivity index (χ3v) is 2.42. The molecule has 0 aliphatic heterocycles. The number of nitrogens with zero attached hydrogens (tertiary/aromatic N) is 1. The predicted octanol–water partition coefficient (Wildman–Crippen LogP) is 2.62. The van der Waals surface area contributed by atoms with E-state index in [0.717, 1.165) is 12.1 Å². The van der Waals surface area contributed by atoms with Gasteiger partial charge in [0.25, 0.3) is 0 Å². The summed E-state index contributed by atoms with van der Waals surface area (Å²) in [6.07, 6.45) is 0. The van der Waals surface area contributed by atoms with Gasteiger partial charge in [-0.25, -0.2) is 0 Å². The van der Waals surface area contributed by atoms with Gasteiger partial charge in [0.05, 0.1) is 10.3 Å². The average molecular weight is 276 g/mol. The molecule has 0 N–H and O–H groups in total. The Balaban J connectivity index is 3.31. The van der Waals surface area contributed by atoms with E-state index in [1.54, 1.807) is 0 Å². The summed E-state index contributed by atoms with van der Waals surface area (Å²) in [4.78, 5) is 20.9. The van der Waals surface area contributed by atoms with E-state index in [9.17, 15) is 19.3 Å². The maximum Gasteiger partial charge on any atom is 0.305 e. The van der Waals surface area contributed by atoms with Crippen LogP contribution in [0, 0.1) is 22.9 Å². The van der Waals surface area contributed by atoms with Crippen molar-refractivity contribution in [2.45, 2.75) is 6.92 Å². The molecule has 0 aromatic heterocycles. The number of carbonyl (C=O) groups excluding carboxylic acids is 1. The fraction of sp³-hybridized carbons (Fsp3) is 0.222. The van der Waals surface area contributed by atoms with Crippen LogP contribution in [0.3, 0.4) is 0 Å². The quantitative estimate of drug-likeness (QED) is 0.369. The Labute approximate surface area is 93.4 Å². The minimum Gasteiger partial charge on any atom is -0.293 e. The molecule has 4 nitrogen and oxygen atoms in total. The number of aryl methyl sites for hydroxylation is 1. The van der Waals surface area contributed by atoms with Gasteiger partial charge < -0.3 is 0 Å². The van der Waals surface area contributed by atoms with Crippen molar-refractivity contribution in [1.29, 1.82) is 0 Å². The van der Waals surface area contributed by atoms with Crippen LogP contribution in [0.1, 0.15) is 15.9 Å². The van der Waals surface area contributed by atoms with Crippen LogP contribution >= 0.6 is 15.9 Å². The van der Waals surface area contributed by atoms with E-state index in [4.69, 9.17) is 0 Å². The molecule has 0 spiro atoms. The van der Waals surface area contributed by atoms with Gasteiger partial charge in [-0.1, -0.05) is 15.9 Å². The molecule has 6 heteroatoms. The van der Waals surface area contributed by atoms with Gasteiger partial charge in [-0.3, -0.25) is 14.9 Å². The van der Waals surface area contributed by atoms with Gasteiger partial charge in [-0.15, -0.1) is 0 Å². The Morgan fingerprint density at radius 2 is 2.20 bits per heavy atom. The number of rotatable bonds is 3. The second-order valence-electron chi connectivity index (χ2n) is 2.93. The van der Waals surface area contributed by atoms with Gasteiger partial charge >= 0.3 is 5.69 Å². The van der Waals surface area contributed by atoms with E-state index in [-0.39, 0.29) is 16.7 Å². The molecular weight excluding hydrogens is 269 g/mol. The summed E-state index contributed by atoms with van der Waals surface area (Å²) in [6.45, 7) is 1.53. The van der Waals surface area contributed by atoms with Gasteiger partial charge in [0.2, 0.25) is 5.82 Å². The van der Waals surface area contributed by atoms with Crippen molar-refractivity contribution in [1.82, 2.24) is 0 Å². The Morgan fingerprint density at radius 1 is 1.60 bits per heavy atom. The monoisotopic (exact) mass is 275 g/mol. The van der Waals surface area contributed by atoms with Crippen LogP contribution in [0.4, 0.5) is 10.1 Å². The fourth-order valence-corrected chi connectivity index (χ4v) is 1.48. The Bertz CT molecular complexity index is 434. The molecule has 80 valence electrons. The second-order valence-corrected chi connectivity index (χ2v) is 3.49. The zero-order valence-electron chi connectivity index (χ0n) is 7.79. The standard InChI is InChI=1S/C9H7BrFNO3/c1-5-2-8(12(14)15)7(11)3-6(5)9(13)4-10/h2-3H,4H2,1H3. The van der Waals surface area contributed by atoms with Crippen molar-refractivity contribution >= 4 is 27.4 Å². The van der Waals surface area contributed by atoms with Crippen molar-refractivity contribution in [3.63, 3.8) is 0 Å². The summed E-state index contributed by atoms with van der Waals surface area (Å²) in [5.41, 5.74) is -0.0545. The number of nitro groups is 1. The largest absolute Gasteiger partial charge is 0.305 e. The zero-order valence-corrected chi connectivity index (χ0v) is 9.38. The number of carbonyl (C=O) groups is 1. The predicted molar refractivity (Wildman–Crippen MR) is 55.9 cm³/mol. The first kappa shape index (κ1) is 11.8. The van der Waals surface area contributed by atoms with Crippen LogP contribution in [0.25, 0.3) is 0 Å². The van der Waals surface area contributed by atoms with Crippen LogP contribution in [0.5, 0.6) is 0 Å². The first-order chi connectivity index (χ1) is 6.97. The average Bonchev–Trinajstić information content (AvgIpc) is 2.19. The zero-order chi connectivity index (χ0) is 11.6. The van der Waals surface area contributed by atoms with Gasteiger partial charge in [0.15, 0.2) is 5.78 Å². The van der Waals surface area contributed by atoms with Crippen LogP contribution in [-0.4, -0.2) is 16.0 Å². The Kier molecular flexibility index (Phi) is 3.52. The number of hydrogen-bond acceptors (Lipinski definition) is 3. The number of benzene rings is 1. The summed E-state index contributed by atoms with van der Waals surface area (Å²) >= 11 is 2.95. The third kappa shape index (κ3) is 2.38. The van der Waals surface area contributed by atoms with Gasteiger partial charge in [0.1, 0.15) is 0 Å². The molecule has 1 aromatic carbocycles. The highest BCUT2D eigenvalue weighted by Gasteiger charge is 2.18. The van der Waals surface area contributed by atoms with Crippen molar-refractivity contribution in [2.24, 2.45) is 0 Å². The first-order valence-corrected chi connectivity index (χ1v) is 5.13. The molecule has 1 aromatic rings. The minimum absolute atomic E-state index is 0.0606. The summed E-state index contributed by atoms with van der Waals surface area (Å²) in [5, 5.41) is 10.5. The van der Waals surface area contributed by atoms with E-state index < -0.39 is 16.4 Å². The fourth-order valence-electron chi connectivity index (χ4n) is 1.18. The number of ketones is 1. The molecule has 1 rings (SSSR count). The summed E-state index contributed by atoms with van der Waals surface area (Å²) in [6, 6.07) is 1.96. The Morgan fingerprint density at radius 3 is 2.67 bits per heavy atom. The summed E-state index contributed by atoms with van der Waals surface area (Å²) in [5.74, 6) is -1.30. The molecule has 0 atom stereocenters. The topological polar surface area (TPSA) is 60.2 Å². The minimum atomic E-state index is -0.991. The summed E-state index contributed by atoms with van der Waals surface area (Å²) in [7, 11) is 0. The van der Waals surface area contributed by atoms with Crippen LogP contribution < -0.4 is 0 Å². The smallest absolute Gasteiger partial charge is 0.293 e. The summed E-state index contributed by atoms with van der Waals surface area (Å²) < 4.78 is 13.2. The molecule has 0 radical (unpaired) electrons. The van der Waals surface area contributed by atoms with E-state index in [1.807, 2.05) is 0 Å². The lowest BCUT2D eigenvalue weighted by Gasteiger charge is -2.03. The first-order valence-electron chi connectivity index (χ1n) is 4.01. The highest BCUT2D eigenvalue weighted by atomic mass is 79.9. The molecule has 0 aliphatic rings. The van der Waals surface area contributed by atoms with E-state index in [0.29, 0.717) is 5.56 Å². The highest BCUT2D eigenvalue weighted by Crippen LogP contribution is 2.22. The SMILES string of the molecule is Cc1cc([N+](=O)[O-])c(F)cc1C(=O)CBr. The van der Waals surface area contributed by atoms with E-state index in [2.05, 4.69) is 15.9 Å². The number of Topliss-reactive ketones (excluding diaryl/α,β-unsaturated/α-hetero) is 1. The maximum absolute atomic E-state index is 13.2. The van der Waals surface area contributed by atoms with Crippen LogP contribution in [0.15, 0.2) is 12.1 Å². The molecule has 0 amide bonds. The molecule has 0 bridgehead atoms. The molecule has 15 heavy (non-hydrogen) atoms. The highest BCUT2D eigenvalue weighted by molar-refractivity contribution is 9.09. The number of hydrogen-bond donors (Lipinski definition) is 0. The normalized spacial score (nSPS) is 10.1. The lowest BCUT2D eigenvalue weighted by atomic mass is 10.0. The van der Waals surface area contributed by atoms with Gasteiger partial charge in [-0.05, 0) is 18.6 Å². The molecule has 0 heterocycles.